The number of aliphatic imine (C=N–C) groups is 2. The van der Waals surface area contributed by atoms with Gasteiger partial charge in [0.2, 0.25) is 0 Å². The molecule has 0 aliphatic rings. The molecule has 0 saturated heterocycles. The van der Waals surface area contributed by atoms with Gasteiger partial charge in [-0.05, 0) is 0 Å². The van der Waals surface area contributed by atoms with Crippen molar-refractivity contribution in [3.8, 4) is 24.7 Å². The highest BCUT2D eigenvalue weighted by Gasteiger charge is 2.00. The minimum absolute atomic E-state index is 0.163. The number of nitrogens with one attached hydrogen (secondary N) is 2. The normalized spacial score (nSPS) is 11.8. The van der Waals surface area contributed by atoms with Crippen LogP contribution in [0.4, 0.5) is 0 Å². The summed E-state index contributed by atoms with van der Waals surface area (Å²) in [5.74, 6) is 5.33. The molecule has 0 saturated carbocycles. The van der Waals surface area contributed by atoms with Gasteiger partial charge in [0.05, 0.1) is 13.7 Å². The van der Waals surface area contributed by atoms with Crippen LogP contribution < -0.4 is 16.4 Å². The van der Waals surface area contributed by atoms with Crippen molar-refractivity contribution in [3.63, 3.8) is 0 Å². The van der Waals surface area contributed by atoms with Crippen LogP contribution in [0, 0.1) is 24.7 Å². The maximum absolute atomic E-state index is 5.60. The van der Waals surface area contributed by atoms with E-state index >= 15 is 0 Å². The van der Waals surface area contributed by atoms with Crippen LogP contribution in [0.1, 0.15) is 0 Å². The van der Waals surface area contributed by atoms with Crippen molar-refractivity contribution in [2.45, 2.75) is 0 Å². The molecule has 0 aliphatic heterocycles. The molecule has 0 radical (unpaired) electrons. The summed E-state index contributed by atoms with van der Waals surface area (Å²) < 4.78 is 0. The fraction of sp³-hybridized carbons (Fsp3) is 0.455. The zero-order chi connectivity index (χ0) is 13.8. The van der Waals surface area contributed by atoms with E-state index < -0.39 is 0 Å². The smallest absolute Gasteiger partial charge is 0.200 e. The number of hydroxylamine groups is 2. The molecule has 0 aromatic heterocycles. The highest BCUT2D eigenvalue weighted by molar-refractivity contribution is 5.97. The Morgan fingerprint density at radius 3 is 2.67 bits per heavy atom. The molecule has 0 aromatic carbocycles. The minimum atomic E-state index is 0.163. The molecule has 0 spiro atoms. The maximum atomic E-state index is 5.60. The van der Waals surface area contributed by atoms with E-state index in [1.807, 2.05) is 0 Å². The predicted molar refractivity (Wildman–Crippen MR) is 72.4 cm³/mol. The Hall–Kier alpha value is -2.22. The van der Waals surface area contributed by atoms with Crippen molar-refractivity contribution in [1.29, 1.82) is 0 Å². The first-order valence-electron chi connectivity index (χ1n) is 5.11. The van der Waals surface area contributed by atoms with Gasteiger partial charge in [-0.2, -0.15) is 5.06 Å². The van der Waals surface area contributed by atoms with Gasteiger partial charge >= 0.3 is 0 Å². The Morgan fingerprint density at radius 1 is 1.39 bits per heavy atom. The highest BCUT2D eigenvalue weighted by Crippen LogP contribution is 1.82. The summed E-state index contributed by atoms with van der Waals surface area (Å²) in [5.41, 5.74) is 5.60. The maximum Gasteiger partial charge on any atom is 0.200 e. The second kappa shape index (κ2) is 9.97. The van der Waals surface area contributed by atoms with E-state index in [1.165, 1.54) is 5.06 Å². The van der Waals surface area contributed by atoms with Crippen LogP contribution in [0.15, 0.2) is 9.98 Å². The first-order valence-corrected chi connectivity index (χ1v) is 5.11. The molecule has 0 atom stereocenters. The molecule has 98 valence electrons. The quantitative estimate of drug-likeness (QED) is 0.241. The molecule has 0 aliphatic carbocycles. The molecule has 7 heteroatoms. The van der Waals surface area contributed by atoms with Gasteiger partial charge in [-0.1, -0.05) is 11.8 Å². The van der Waals surface area contributed by atoms with Gasteiger partial charge < -0.3 is 15.9 Å². The van der Waals surface area contributed by atoms with Crippen LogP contribution in [0.5, 0.6) is 0 Å². The van der Waals surface area contributed by atoms with Gasteiger partial charge in [0.25, 0.3) is 0 Å². The lowest BCUT2D eigenvalue weighted by molar-refractivity contribution is -0.106. The molecule has 0 heterocycles. The Morgan fingerprint density at radius 2 is 2.11 bits per heavy atom. The minimum Gasteiger partial charge on any atom is -0.370 e. The largest absolute Gasteiger partial charge is 0.370 e. The topological polar surface area (TPSA) is 87.3 Å². The number of nitrogens with zero attached hydrogens (tertiary/aromatic N) is 3. The number of rotatable bonds is 5. The van der Waals surface area contributed by atoms with E-state index in [-0.39, 0.29) is 12.5 Å². The van der Waals surface area contributed by atoms with Crippen LogP contribution in [0.2, 0.25) is 0 Å². The molecule has 0 rings (SSSR count). The van der Waals surface area contributed by atoms with E-state index in [0.29, 0.717) is 19.2 Å². The fourth-order valence-electron chi connectivity index (χ4n) is 0.794. The number of nitrogens with two attached hydrogens (primary N) is 1. The SMILES string of the molecule is C#CCN=C(N)NC(=NCN(C)OC)NCC#C. The van der Waals surface area contributed by atoms with E-state index in [9.17, 15) is 0 Å². The van der Waals surface area contributed by atoms with Gasteiger partial charge in [-0.15, -0.1) is 12.8 Å². The second-order valence-corrected chi connectivity index (χ2v) is 3.05. The molecule has 0 aromatic rings. The molecule has 7 nitrogen and oxygen atoms in total. The third-order valence-corrected chi connectivity index (χ3v) is 1.68. The number of guanidine groups is 2. The fourth-order valence-corrected chi connectivity index (χ4v) is 0.794. The Balaban J connectivity index is 4.49. The molecule has 0 fully saturated rings. The summed E-state index contributed by atoms with van der Waals surface area (Å²) in [4.78, 5) is 13.0. The lowest BCUT2D eigenvalue weighted by atomic mass is 10.6. The molecular formula is C11H18N6O. The standard InChI is InChI=1S/C11H18N6O/c1-5-7-13-10(12)16-11(14-8-6-2)15-9-17(3)18-4/h1-2H,7-9H2,3-4H3,(H4,12,13,14,15,16). The summed E-state index contributed by atoms with van der Waals surface area (Å²) in [5, 5.41) is 7.15. The van der Waals surface area contributed by atoms with Crippen molar-refractivity contribution in [2.24, 2.45) is 15.7 Å². The van der Waals surface area contributed by atoms with Crippen molar-refractivity contribution in [3.05, 3.63) is 0 Å². The van der Waals surface area contributed by atoms with Gasteiger partial charge in [0.1, 0.15) is 13.2 Å². The third kappa shape index (κ3) is 7.99. The first kappa shape index (κ1) is 15.8. The molecular weight excluding hydrogens is 232 g/mol. The zero-order valence-electron chi connectivity index (χ0n) is 10.6. The van der Waals surface area contributed by atoms with Gasteiger partial charge in [0, 0.05) is 7.05 Å². The highest BCUT2D eigenvalue weighted by atomic mass is 16.7. The Labute approximate surface area is 107 Å². The lowest BCUT2D eigenvalue weighted by Gasteiger charge is -2.13. The van der Waals surface area contributed by atoms with Crippen molar-refractivity contribution < 1.29 is 4.84 Å². The average molecular weight is 250 g/mol. The summed E-state index contributed by atoms with van der Waals surface area (Å²) in [6.45, 7) is 0.809. The first-order chi connectivity index (χ1) is 8.63. The molecule has 0 unspecified atom stereocenters. The van der Waals surface area contributed by atoms with Crippen molar-refractivity contribution >= 4 is 11.9 Å². The molecule has 0 bridgehead atoms. The van der Waals surface area contributed by atoms with Crippen LogP contribution in [-0.4, -0.2) is 50.9 Å². The van der Waals surface area contributed by atoms with Crippen molar-refractivity contribution in [2.75, 3.05) is 33.9 Å². The van der Waals surface area contributed by atoms with Gasteiger partial charge in [0.15, 0.2) is 11.9 Å². The van der Waals surface area contributed by atoms with Gasteiger partial charge in [-0.25, -0.2) is 9.98 Å². The number of terminal acetylenes is 2. The van der Waals surface area contributed by atoms with Gasteiger partial charge in [-0.3, -0.25) is 5.32 Å². The summed E-state index contributed by atoms with van der Waals surface area (Å²) in [6.07, 6.45) is 10.2. The van der Waals surface area contributed by atoms with E-state index in [0.717, 1.165) is 0 Å². The molecule has 4 N–H and O–H groups in total. The summed E-state index contributed by atoms with van der Waals surface area (Å²) >= 11 is 0. The molecule has 0 amide bonds. The number of hydrogen-bond acceptors (Lipinski definition) is 4. The monoisotopic (exact) mass is 250 g/mol. The van der Waals surface area contributed by atoms with Crippen LogP contribution >= 0.6 is 0 Å². The molecule has 18 heavy (non-hydrogen) atoms. The Kier molecular flexibility index (Phi) is 8.74. The van der Waals surface area contributed by atoms with Crippen molar-refractivity contribution in [1.82, 2.24) is 15.7 Å². The van der Waals surface area contributed by atoms with E-state index in [2.05, 4.69) is 32.5 Å². The lowest BCUT2D eigenvalue weighted by Crippen LogP contribution is -2.45. The average Bonchev–Trinajstić information content (AvgIpc) is 2.38. The Bertz CT molecular complexity index is 376. The van der Waals surface area contributed by atoms with Crippen LogP contribution in [-0.2, 0) is 4.84 Å². The van der Waals surface area contributed by atoms with E-state index in [1.54, 1.807) is 14.2 Å². The summed E-state index contributed by atoms with van der Waals surface area (Å²) in [7, 11) is 3.28. The summed E-state index contributed by atoms with van der Waals surface area (Å²) in [6, 6.07) is 0. The van der Waals surface area contributed by atoms with E-state index in [4.69, 9.17) is 23.4 Å². The second-order valence-electron chi connectivity index (χ2n) is 3.05. The predicted octanol–water partition coefficient (Wildman–Crippen LogP) is -1.45. The van der Waals surface area contributed by atoms with Crippen LogP contribution in [0.25, 0.3) is 0 Å². The number of hydrogen-bond donors (Lipinski definition) is 3. The zero-order valence-corrected chi connectivity index (χ0v) is 10.6. The van der Waals surface area contributed by atoms with Crippen LogP contribution in [0.3, 0.4) is 0 Å². The third-order valence-electron chi connectivity index (χ3n) is 1.68.